The summed E-state index contributed by atoms with van der Waals surface area (Å²) in [6.07, 6.45) is 22.4. The number of rotatable bonds is 12. The van der Waals surface area contributed by atoms with Crippen LogP contribution in [0.5, 0.6) is 0 Å². The van der Waals surface area contributed by atoms with Crippen LogP contribution in [-0.4, -0.2) is 444 Å². The van der Waals surface area contributed by atoms with Crippen molar-refractivity contribution in [3.05, 3.63) is 18.2 Å². The van der Waals surface area contributed by atoms with Gasteiger partial charge in [-0.1, -0.05) is 13.8 Å². The Labute approximate surface area is 770 Å². The topological polar surface area (TPSA) is 150 Å². The molecule has 126 heavy (non-hydrogen) atoms. The van der Waals surface area contributed by atoms with Gasteiger partial charge in [-0.15, -0.1) is 0 Å². The van der Waals surface area contributed by atoms with Crippen molar-refractivity contribution in [1.29, 1.82) is 0 Å². The van der Waals surface area contributed by atoms with Crippen molar-refractivity contribution < 1.29 is 33.3 Å². The van der Waals surface area contributed by atoms with Crippen LogP contribution < -0.4 is 0 Å². The number of likely N-dealkylation sites (N-methyl/N-ethyl adjacent to an activating group) is 1. The van der Waals surface area contributed by atoms with E-state index in [1.165, 1.54) is 201 Å². The predicted molar refractivity (Wildman–Crippen MR) is 516 cm³/mol. The molecule has 0 aliphatic carbocycles. The Morgan fingerprint density at radius 1 is 0.357 bits per heavy atom. The first kappa shape index (κ1) is 104. The van der Waals surface area contributed by atoms with Gasteiger partial charge in [-0.3, -0.25) is 68.5 Å². The van der Waals surface area contributed by atoms with Crippen molar-refractivity contribution in [2.75, 3.05) is 223 Å². The van der Waals surface area contributed by atoms with Gasteiger partial charge >= 0.3 is 6.09 Å². The fourth-order valence-electron chi connectivity index (χ4n) is 23.6. The van der Waals surface area contributed by atoms with Gasteiger partial charge in [0.2, 0.25) is 5.91 Å². The highest BCUT2D eigenvalue weighted by Crippen LogP contribution is 2.36. The van der Waals surface area contributed by atoms with Crippen LogP contribution in [0.25, 0.3) is 0 Å². The van der Waals surface area contributed by atoms with Crippen molar-refractivity contribution in [3.63, 3.8) is 0 Å². The highest BCUT2D eigenvalue weighted by molar-refractivity contribution is 5.79. The minimum absolute atomic E-state index is 0.131. The van der Waals surface area contributed by atoms with Gasteiger partial charge in [-0.25, -0.2) is 9.78 Å². The van der Waals surface area contributed by atoms with Gasteiger partial charge in [0.1, 0.15) is 12.4 Å². The Hall–Kier alpha value is -2.77. The van der Waals surface area contributed by atoms with Gasteiger partial charge in [0.05, 0.1) is 44.1 Å². The van der Waals surface area contributed by atoms with Gasteiger partial charge in [-0.05, 0) is 267 Å². The SMILES string of the molecule is CC(C)CC1CN(C(C)C)CC2CCCN21.CC(C)N1CC2CCN(C)C2C1.CC(C)N1CC2CCOC2C1.CC(C)N1CCC2CCOC2C1.CC(C)N1CCC2OCCC2C1.CC(C)N1CCN2C(=O)CCC2C1.CC(C)N1CCN2C(=O)OCC2C1.CC(C)N1CCN2CCCC2C1.CC(C)N1CCN2CCOCC2C1.CC(C)N1CCn2ccnc2C1. The summed E-state index contributed by atoms with van der Waals surface area (Å²) in [5.41, 5.74) is 0. The lowest BCUT2D eigenvalue weighted by atomic mass is 9.93. The largest absolute Gasteiger partial charge is 0.447 e. The number of carbonyl (C=O) groups excluding carboxylic acids is 2. The number of hydrogen-bond acceptors (Lipinski definition) is 22. The number of fused-ring (bicyclic) bond motifs is 10. The van der Waals surface area contributed by atoms with Gasteiger partial charge in [-0.2, -0.15) is 0 Å². The summed E-state index contributed by atoms with van der Waals surface area (Å²) in [5, 5.41) is 0. The third kappa shape index (κ3) is 29.9. The van der Waals surface area contributed by atoms with Crippen LogP contribution >= 0.6 is 0 Å². The molecule has 1 aromatic heterocycles. The Morgan fingerprint density at radius 2 is 0.825 bits per heavy atom. The first-order valence-corrected chi connectivity index (χ1v) is 52.3. The van der Waals surface area contributed by atoms with Crippen molar-refractivity contribution in [2.24, 2.45) is 29.6 Å². The number of morpholine rings is 1. The minimum atomic E-state index is -0.131. The summed E-state index contributed by atoms with van der Waals surface area (Å²) < 4.78 is 29.7. The Morgan fingerprint density at radius 3 is 1.44 bits per heavy atom. The molecular weight excluding hydrogens is 1580 g/mol. The van der Waals surface area contributed by atoms with E-state index in [4.69, 9.17) is 23.7 Å². The molecule has 19 aliphatic heterocycles. The molecule has 0 saturated carbocycles. The van der Waals surface area contributed by atoms with Crippen LogP contribution in [0.3, 0.4) is 0 Å². The molecule has 14 unspecified atom stereocenters. The van der Waals surface area contributed by atoms with E-state index < -0.39 is 0 Å². The summed E-state index contributed by atoms with van der Waals surface area (Å²) in [7, 11) is 2.27. The van der Waals surface area contributed by atoms with Crippen molar-refractivity contribution in [2.45, 2.75) is 370 Å². The molecule has 0 bridgehead atoms. The van der Waals surface area contributed by atoms with E-state index in [1.54, 1.807) is 0 Å². The van der Waals surface area contributed by atoms with Crippen LogP contribution in [-0.2, 0) is 41.6 Å². The third-order valence-corrected chi connectivity index (χ3v) is 32.5. The van der Waals surface area contributed by atoms with Crippen molar-refractivity contribution in [1.82, 2.24) is 87.9 Å². The lowest BCUT2D eigenvalue weighted by molar-refractivity contribution is -0.130. The Bertz CT molecular complexity index is 3100. The normalized spacial score (nSPS) is 32.5. The molecule has 2 amide bonds. The number of cyclic esters (lactones) is 1. The van der Waals surface area contributed by atoms with E-state index in [0.29, 0.717) is 91.2 Å². The molecule has 1 aromatic rings. The van der Waals surface area contributed by atoms with Crippen LogP contribution in [0, 0.1) is 29.6 Å². The van der Waals surface area contributed by atoms with E-state index in [-0.39, 0.29) is 6.09 Å². The molecular formula is C101H192N18O7. The van der Waals surface area contributed by atoms with Crippen LogP contribution in [0.15, 0.2) is 12.4 Å². The molecule has 0 radical (unpaired) electrons. The fraction of sp³-hybridized carbons (Fsp3) is 0.950. The Balaban J connectivity index is 0.000000136. The predicted octanol–water partition coefficient (Wildman–Crippen LogP) is 11.7. The minimum Gasteiger partial charge on any atom is -0.447 e. The van der Waals surface area contributed by atoms with Gasteiger partial charge in [0, 0.05) is 304 Å². The molecule has 25 heteroatoms. The summed E-state index contributed by atoms with van der Waals surface area (Å²) in [4.78, 5) is 66.8. The average molecular weight is 1770 g/mol. The lowest BCUT2D eigenvalue weighted by Gasteiger charge is -2.46. The molecule has 14 atom stereocenters. The monoisotopic (exact) mass is 1770 g/mol. The zero-order valence-corrected chi connectivity index (χ0v) is 84.9. The maximum Gasteiger partial charge on any atom is 0.410 e. The van der Waals surface area contributed by atoms with Crippen LogP contribution in [0.4, 0.5) is 4.79 Å². The second kappa shape index (κ2) is 50.7. The summed E-state index contributed by atoms with van der Waals surface area (Å²) >= 11 is 0. The van der Waals surface area contributed by atoms with Gasteiger partial charge in [0.15, 0.2) is 0 Å². The number of piperidine rings is 2. The number of hydrogen-bond donors (Lipinski definition) is 0. The van der Waals surface area contributed by atoms with E-state index >= 15 is 0 Å². The lowest BCUT2D eigenvalue weighted by Crippen LogP contribution is -2.59. The highest BCUT2D eigenvalue weighted by atomic mass is 16.6. The zero-order valence-electron chi connectivity index (χ0n) is 84.9. The molecule has 19 aliphatic rings. The van der Waals surface area contributed by atoms with Gasteiger partial charge in [0.25, 0.3) is 0 Å². The molecule has 0 N–H and O–H groups in total. The average Bonchev–Trinajstić information content (AvgIpc) is 1.61. The molecule has 0 spiro atoms. The van der Waals surface area contributed by atoms with E-state index in [1.807, 2.05) is 11.1 Å². The Kier molecular flexibility index (Phi) is 41.7. The maximum atomic E-state index is 11.4. The second-order valence-electron chi connectivity index (χ2n) is 44.4. The fourth-order valence-corrected chi connectivity index (χ4v) is 23.6. The smallest absolute Gasteiger partial charge is 0.410 e. The molecule has 25 nitrogen and oxygen atoms in total. The molecule has 18 fully saturated rings. The summed E-state index contributed by atoms with van der Waals surface area (Å²) in [6, 6.07) is 11.7. The van der Waals surface area contributed by atoms with Gasteiger partial charge < -0.3 is 43.0 Å². The zero-order chi connectivity index (χ0) is 90.6. The number of ether oxygens (including phenoxy) is 5. The number of carbonyl (C=O) groups is 2. The first-order chi connectivity index (χ1) is 60.2. The third-order valence-electron chi connectivity index (χ3n) is 32.5. The number of aromatic nitrogens is 2. The van der Waals surface area contributed by atoms with Crippen LogP contribution in [0.1, 0.15) is 242 Å². The van der Waals surface area contributed by atoms with E-state index in [2.05, 4.69) is 249 Å². The standard InChI is InChI=1S/C14H28N2.C10H20N2O.C10H18N2O.2C10H20N2.2C10H19NO.C9H15N3.C9H16N2O2.C9H17NO/c1-11(2)8-14-10-15(12(3)4)9-13-6-5-7-16(13)14;1-9(2)12-4-3-11-5-6-13-8-10(11)7-12;1-8(2)11-5-6-12-9(7-11)3-4-10(12)13;1-8(2)12-6-9-4-5-11(3)10(9)7-12;1-9(2)12-7-6-11-5-3-4-10(11)8-12;1-8(2)11-5-3-10-9(7-11)4-6-12-10;1-8(2)11-5-3-9-4-6-12-10(9)7-11;1-8(2)12-6-5-11-4-3-10-9(11)7-12;1-7(2)10-3-4-11-8(5-10)6-13-9(11)12;1-7(2)10-5-8-3-4-11-9(8)6-10/h11-14H,5-10H2,1-4H3;9-10H,3-8H2,1-2H3;8-9H,3-7H2,1-2H3;8-10H,4-7H2,1-3H3;9-10H,3-8H2,1-2H3;2*8-10H,3-7H2,1-2H3;3-4,8H,5-7H2,1-2H3;7-8H,3-6H2,1-2H3;7-9H,3-6H2,1-2H3. The highest BCUT2D eigenvalue weighted by Gasteiger charge is 2.45. The number of imidazole rings is 1. The van der Waals surface area contributed by atoms with E-state index in [9.17, 15) is 9.59 Å². The molecule has 0 aromatic carbocycles. The number of likely N-dealkylation sites (tertiary alicyclic amines) is 5. The molecule has 728 valence electrons. The van der Waals surface area contributed by atoms with Crippen molar-refractivity contribution >= 4 is 12.0 Å². The van der Waals surface area contributed by atoms with Crippen molar-refractivity contribution in [3.8, 4) is 0 Å². The second-order valence-corrected chi connectivity index (χ2v) is 44.4. The first-order valence-electron chi connectivity index (χ1n) is 52.3. The quantitative estimate of drug-likeness (QED) is 0.195. The number of piperazine rings is 5. The molecule has 20 rings (SSSR count). The number of amides is 2. The maximum absolute atomic E-state index is 11.4. The van der Waals surface area contributed by atoms with E-state index in [0.717, 1.165) is 183 Å². The molecule has 18 saturated heterocycles. The van der Waals surface area contributed by atoms with Crippen LogP contribution in [0.2, 0.25) is 0 Å². The molecule has 20 heterocycles. The summed E-state index contributed by atoms with van der Waals surface area (Å²) in [6.45, 7) is 90.1. The summed E-state index contributed by atoms with van der Waals surface area (Å²) in [5.74, 6) is 5.93. The number of nitrogens with zero attached hydrogens (tertiary/aromatic N) is 18.